The highest BCUT2D eigenvalue weighted by molar-refractivity contribution is 6.30. The number of pyridine rings is 1. The van der Waals surface area contributed by atoms with Gasteiger partial charge >= 0.3 is 6.01 Å². The fourth-order valence-electron chi connectivity index (χ4n) is 3.62. The first kappa shape index (κ1) is 18.6. The number of aromatic nitrogens is 3. The number of halogens is 2. The van der Waals surface area contributed by atoms with Gasteiger partial charge in [-0.25, -0.2) is 9.37 Å². The van der Waals surface area contributed by atoms with Crippen molar-refractivity contribution in [3.8, 4) is 6.01 Å². The van der Waals surface area contributed by atoms with E-state index in [9.17, 15) is 4.39 Å². The predicted molar refractivity (Wildman–Crippen MR) is 101 cm³/mol. The maximum atomic E-state index is 14.6. The smallest absolute Gasteiger partial charge is 0.319 e. The third-order valence-corrected chi connectivity index (χ3v) is 5.46. The Bertz CT molecular complexity index is 816. The normalized spacial score (nSPS) is 21.6. The van der Waals surface area contributed by atoms with E-state index >= 15 is 0 Å². The molecule has 2 aromatic heterocycles. The number of hydrogen-bond acceptors (Lipinski definition) is 7. The molecule has 0 aromatic carbocycles. The lowest BCUT2D eigenvalue weighted by molar-refractivity contribution is 0.152. The minimum atomic E-state index is -0.647. The van der Waals surface area contributed by atoms with E-state index in [1.165, 1.54) is 6.20 Å². The molecule has 0 aliphatic carbocycles. The van der Waals surface area contributed by atoms with Crippen LogP contribution in [0.3, 0.4) is 0 Å². The Labute approximate surface area is 162 Å². The topological polar surface area (TPSA) is 63.6 Å². The van der Waals surface area contributed by atoms with E-state index in [-0.39, 0.29) is 16.7 Å². The summed E-state index contributed by atoms with van der Waals surface area (Å²) >= 11 is 5.88. The summed E-state index contributed by atoms with van der Waals surface area (Å²) in [6, 6.07) is 0.495. The van der Waals surface area contributed by atoms with Crippen molar-refractivity contribution in [1.82, 2.24) is 19.9 Å². The summed E-state index contributed by atoms with van der Waals surface area (Å²) in [7, 11) is 2.08. The summed E-state index contributed by atoms with van der Waals surface area (Å²) in [6.07, 6.45) is 4.62. The van der Waals surface area contributed by atoms with Crippen LogP contribution in [0.25, 0.3) is 10.9 Å². The standard InChI is InChI=1S/C18H23ClFN5O2/c1-24-5-2-4-12(24)11-27-18-22-15-13(10-21-16(19)14(15)20)17(23-18)25-6-3-8-26-9-7-25/h10,12H,2-9,11H2,1H3/t12-/m1/s1. The van der Waals surface area contributed by atoms with E-state index in [0.29, 0.717) is 43.6 Å². The van der Waals surface area contributed by atoms with Crippen LogP contribution in [-0.4, -0.2) is 72.4 Å². The fourth-order valence-corrected chi connectivity index (χ4v) is 3.76. The minimum Gasteiger partial charge on any atom is -0.462 e. The third kappa shape index (κ3) is 3.93. The zero-order chi connectivity index (χ0) is 18.8. The van der Waals surface area contributed by atoms with Crippen LogP contribution in [0.5, 0.6) is 6.01 Å². The zero-order valence-electron chi connectivity index (χ0n) is 15.3. The highest BCUT2D eigenvalue weighted by Gasteiger charge is 2.24. The molecule has 9 heteroatoms. The second kappa shape index (κ2) is 8.08. The van der Waals surface area contributed by atoms with Gasteiger partial charge in [-0.05, 0) is 32.9 Å². The maximum Gasteiger partial charge on any atom is 0.319 e. The Morgan fingerprint density at radius 2 is 2.15 bits per heavy atom. The van der Waals surface area contributed by atoms with Crippen LogP contribution < -0.4 is 9.64 Å². The molecule has 2 aromatic rings. The quantitative estimate of drug-likeness (QED) is 0.737. The Hall–Kier alpha value is -1.77. The van der Waals surface area contributed by atoms with Crippen molar-refractivity contribution in [3.05, 3.63) is 17.2 Å². The van der Waals surface area contributed by atoms with Crippen LogP contribution in [-0.2, 0) is 4.74 Å². The summed E-state index contributed by atoms with van der Waals surface area (Å²) in [5.41, 5.74) is 0.139. The van der Waals surface area contributed by atoms with Gasteiger partial charge in [-0.15, -0.1) is 0 Å². The highest BCUT2D eigenvalue weighted by Crippen LogP contribution is 2.30. The van der Waals surface area contributed by atoms with Crippen LogP contribution >= 0.6 is 11.6 Å². The van der Waals surface area contributed by atoms with E-state index in [2.05, 4.69) is 31.8 Å². The molecule has 7 nitrogen and oxygen atoms in total. The van der Waals surface area contributed by atoms with E-state index in [1.54, 1.807) is 0 Å². The number of likely N-dealkylation sites (N-methyl/N-ethyl adjacent to an activating group) is 1. The number of hydrogen-bond donors (Lipinski definition) is 0. The second-order valence-electron chi connectivity index (χ2n) is 7.00. The highest BCUT2D eigenvalue weighted by atomic mass is 35.5. The Kier molecular flexibility index (Phi) is 5.56. The molecular weight excluding hydrogens is 373 g/mol. The van der Waals surface area contributed by atoms with Crippen molar-refractivity contribution in [2.24, 2.45) is 0 Å². The van der Waals surface area contributed by atoms with Gasteiger partial charge in [0.15, 0.2) is 11.0 Å². The SMILES string of the molecule is CN1CCC[C@@H]1COc1nc(N2CCCOCC2)c2cnc(Cl)c(F)c2n1. The first-order valence-electron chi connectivity index (χ1n) is 9.31. The van der Waals surface area contributed by atoms with Crippen LogP contribution in [0.2, 0.25) is 5.15 Å². The van der Waals surface area contributed by atoms with Crippen molar-refractivity contribution >= 4 is 28.3 Å². The molecule has 0 N–H and O–H groups in total. The number of likely N-dealkylation sites (tertiary alicyclic amines) is 1. The lowest BCUT2D eigenvalue weighted by Gasteiger charge is -2.23. The lowest BCUT2D eigenvalue weighted by atomic mass is 10.2. The number of ether oxygens (including phenoxy) is 2. The van der Waals surface area contributed by atoms with Crippen molar-refractivity contribution in [2.45, 2.75) is 25.3 Å². The molecule has 4 rings (SSSR count). The summed E-state index contributed by atoms with van der Waals surface area (Å²) in [4.78, 5) is 17.2. The first-order chi connectivity index (χ1) is 13.1. The summed E-state index contributed by atoms with van der Waals surface area (Å²) in [6.45, 7) is 4.27. The lowest BCUT2D eigenvalue weighted by Crippen LogP contribution is -2.31. The Balaban J connectivity index is 1.69. The molecule has 146 valence electrons. The van der Waals surface area contributed by atoms with Crippen LogP contribution in [0.1, 0.15) is 19.3 Å². The Morgan fingerprint density at radius 3 is 2.96 bits per heavy atom. The third-order valence-electron chi connectivity index (χ3n) is 5.20. The van der Waals surface area contributed by atoms with E-state index in [1.807, 2.05) is 0 Å². The molecule has 27 heavy (non-hydrogen) atoms. The van der Waals surface area contributed by atoms with Crippen molar-refractivity contribution in [3.63, 3.8) is 0 Å². The predicted octanol–water partition coefficient (Wildman–Crippen LogP) is 2.52. The van der Waals surface area contributed by atoms with Gasteiger partial charge in [-0.2, -0.15) is 9.97 Å². The summed E-state index contributed by atoms with van der Waals surface area (Å²) < 4.78 is 26.0. The first-order valence-corrected chi connectivity index (χ1v) is 9.69. The minimum absolute atomic E-state index is 0.139. The van der Waals surface area contributed by atoms with Crippen LogP contribution in [0.15, 0.2) is 6.20 Å². The van der Waals surface area contributed by atoms with Crippen molar-refractivity contribution < 1.29 is 13.9 Å². The molecule has 0 spiro atoms. The second-order valence-corrected chi connectivity index (χ2v) is 7.35. The number of nitrogens with zero attached hydrogens (tertiary/aromatic N) is 5. The number of fused-ring (bicyclic) bond motifs is 1. The molecule has 0 saturated carbocycles. The van der Waals surface area contributed by atoms with Gasteiger partial charge in [0.25, 0.3) is 0 Å². The Morgan fingerprint density at radius 1 is 1.26 bits per heavy atom. The van der Waals surface area contributed by atoms with Crippen molar-refractivity contribution in [1.29, 1.82) is 0 Å². The number of anilines is 1. The molecule has 1 atom stereocenters. The maximum absolute atomic E-state index is 14.6. The number of rotatable bonds is 4. The molecule has 0 amide bonds. The van der Waals surface area contributed by atoms with Crippen LogP contribution in [0, 0.1) is 5.82 Å². The molecule has 2 aliphatic heterocycles. The largest absolute Gasteiger partial charge is 0.462 e. The zero-order valence-corrected chi connectivity index (χ0v) is 16.1. The molecule has 0 unspecified atom stereocenters. The van der Waals surface area contributed by atoms with Gasteiger partial charge in [0.2, 0.25) is 0 Å². The van der Waals surface area contributed by atoms with E-state index in [4.69, 9.17) is 21.1 Å². The molecule has 2 fully saturated rings. The van der Waals surface area contributed by atoms with Crippen LogP contribution in [0.4, 0.5) is 10.2 Å². The van der Waals surface area contributed by atoms with Gasteiger partial charge in [-0.1, -0.05) is 11.6 Å². The van der Waals surface area contributed by atoms with Gasteiger partial charge in [0.05, 0.1) is 12.0 Å². The summed E-state index contributed by atoms with van der Waals surface area (Å²) in [5.74, 6) is -0.0323. The molecule has 0 radical (unpaired) electrons. The molecule has 0 bridgehead atoms. The molecule has 4 heterocycles. The molecular formula is C18H23ClFN5O2. The molecule has 2 aliphatic rings. The van der Waals surface area contributed by atoms with Gasteiger partial charge in [-0.3, -0.25) is 0 Å². The monoisotopic (exact) mass is 395 g/mol. The van der Waals surface area contributed by atoms with Gasteiger partial charge < -0.3 is 19.3 Å². The molecule has 2 saturated heterocycles. The van der Waals surface area contributed by atoms with Crippen molar-refractivity contribution in [2.75, 3.05) is 51.4 Å². The summed E-state index contributed by atoms with van der Waals surface area (Å²) in [5, 5.41) is 0.331. The fraction of sp³-hybridized carbons (Fsp3) is 0.611. The van der Waals surface area contributed by atoms with Gasteiger partial charge in [0, 0.05) is 31.9 Å². The average molecular weight is 396 g/mol. The van der Waals surface area contributed by atoms with Gasteiger partial charge in [0.1, 0.15) is 17.9 Å². The van der Waals surface area contributed by atoms with E-state index in [0.717, 1.165) is 32.4 Å². The average Bonchev–Trinajstić information content (AvgIpc) is 2.91. The van der Waals surface area contributed by atoms with E-state index < -0.39 is 5.82 Å².